The molecule has 0 saturated carbocycles. The van der Waals surface area contributed by atoms with Gasteiger partial charge in [0, 0.05) is 12.6 Å². The molecule has 2 aromatic rings. The van der Waals surface area contributed by atoms with Crippen molar-refractivity contribution in [2.75, 3.05) is 0 Å². The Morgan fingerprint density at radius 1 is 1.59 bits per heavy atom. The monoisotopic (exact) mass is 252 g/mol. The number of unbranched alkanes of at least 4 members (excludes halogenated alkanes) is 1. The topological polar surface area (TPSA) is 76.2 Å². The maximum absolute atomic E-state index is 11.2. The molecule has 2 heterocycles. The molecule has 17 heavy (non-hydrogen) atoms. The van der Waals surface area contributed by atoms with E-state index in [9.17, 15) is 9.90 Å². The van der Waals surface area contributed by atoms with Gasteiger partial charge in [0.2, 0.25) is 0 Å². The summed E-state index contributed by atoms with van der Waals surface area (Å²) in [5.74, 6) is -0.552. The van der Waals surface area contributed by atoms with Crippen molar-refractivity contribution in [3.63, 3.8) is 0 Å². The van der Waals surface area contributed by atoms with E-state index < -0.39 is 5.97 Å². The molecule has 0 atom stereocenters. The van der Waals surface area contributed by atoms with Crippen LogP contribution in [0.25, 0.3) is 10.6 Å². The SMILES string of the molecule is CCCCc1onc(-c2cncs2)c1C(=O)O. The molecule has 90 valence electrons. The van der Waals surface area contributed by atoms with Gasteiger partial charge in [-0.1, -0.05) is 18.5 Å². The van der Waals surface area contributed by atoms with Gasteiger partial charge in [0.25, 0.3) is 0 Å². The lowest BCUT2D eigenvalue weighted by molar-refractivity contribution is 0.0695. The van der Waals surface area contributed by atoms with Crippen molar-refractivity contribution in [3.05, 3.63) is 23.0 Å². The maximum atomic E-state index is 11.2. The molecule has 0 spiro atoms. The van der Waals surface area contributed by atoms with Gasteiger partial charge in [0.05, 0.1) is 10.4 Å². The van der Waals surface area contributed by atoms with Crippen LogP contribution in [0.3, 0.4) is 0 Å². The highest BCUT2D eigenvalue weighted by atomic mass is 32.1. The Bertz CT molecular complexity index is 505. The lowest BCUT2D eigenvalue weighted by atomic mass is 10.1. The van der Waals surface area contributed by atoms with E-state index in [2.05, 4.69) is 10.1 Å². The van der Waals surface area contributed by atoms with Gasteiger partial charge in [0.15, 0.2) is 5.76 Å². The van der Waals surface area contributed by atoms with Crippen molar-refractivity contribution in [2.24, 2.45) is 0 Å². The van der Waals surface area contributed by atoms with Crippen LogP contribution >= 0.6 is 11.3 Å². The van der Waals surface area contributed by atoms with Crippen LogP contribution in [0, 0.1) is 0 Å². The number of carbonyl (C=O) groups is 1. The molecule has 0 saturated heterocycles. The zero-order chi connectivity index (χ0) is 12.3. The van der Waals surface area contributed by atoms with Crippen LogP contribution < -0.4 is 0 Å². The number of carboxylic acid groups (broad SMARTS) is 1. The van der Waals surface area contributed by atoms with Gasteiger partial charge in [-0.25, -0.2) is 4.79 Å². The van der Waals surface area contributed by atoms with Crippen molar-refractivity contribution >= 4 is 17.3 Å². The Morgan fingerprint density at radius 3 is 3.00 bits per heavy atom. The number of aromatic carboxylic acids is 1. The third kappa shape index (κ3) is 2.36. The van der Waals surface area contributed by atoms with E-state index >= 15 is 0 Å². The second-order valence-electron chi connectivity index (χ2n) is 3.60. The summed E-state index contributed by atoms with van der Waals surface area (Å²) in [5, 5.41) is 13.1. The van der Waals surface area contributed by atoms with Gasteiger partial charge in [-0.3, -0.25) is 4.98 Å². The van der Waals surface area contributed by atoms with Crippen molar-refractivity contribution in [1.82, 2.24) is 10.1 Å². The quantitative estimate of drug-likeness (QED) is 0.885. The summed E-state index contributed by atoms with van der Waals surface area (Å²) in [6, 6.07) is 0. The van der Waals surface area contributed by atoms with Crippen LogP contribution in [0.15, 0.2) is 16.2 Å². The molecule has 2 aromatic heterocycles. The first-order valence-corrected chi connectivity index (χ1v) is 6.22. The molecule has 0 aliphatic rings. The number of aryl methyl sites for hydroxylation is 1. The van der Waals surface area contributed by atoms with Gasteiger partial charge in [-0.05, 0) is 6.42 Å². The molecule has 0 unspecified atom stereocenters. The lowest BCUT2D eigenvalue weighted by Crippen LogP contribution is -2.01. The molecule has 1 N–H and O–H groups in total. The molecule has 2 rings (SSSR count). The third-order valence-electron chi connectivity index (χ3n) is 2.40. The van der Waals surface area contributed by atoms with Gasteiger partial charge in [-0.2, -0.15) is 0 Å². The van der Waals surface area contributed by atoms with E-state index in [1.54, 1.807) is 11.7 Å². The minimum absolute atomic E-state index is 0.169. The summed E-state index contributed by atoms with van der Waals surface area (Å²) < 4.78 is 5.13. The standard InChI is InChI=1S/C11H12N2O3S/c1-2-3-4-7-9(11(14)15)10(13-16-7)8-5-12-6-17-8/h5-6H,2-4H2,1H3,(H,14,15). The van der Waals surface area contributed by atoms with E-state index in [1.807, 2.05) is 6.92 Å². The Labute approximate surface area is 102 Å². The number of thiazole rings is 1. The van der Waals surface area contributed by atoms with Crippen LogP contribution in [0.2, 0.25) is 0 Å². The molecule has 0 aromatic carbocycles. The van der Waals surface area contributed by atoms with Crippen LogP contribution in [0.1, 0.15) is 35.9 Å². The van der Waals surface area contributed by atoms with Crippen LogP contribution in [-0.2, 0) is 6.42 Å². The first kappa shape index (κ1) is 11.8. The number of nitrogens with zero attached hydrogens (tertiary/aromatic N) is 2. The Morgan fingerprint density at radius 2 is 2.41 bits per heavy atom. The van der Waals surface area contributed by atoms with E-state index in [1.165, 1.54) is 11.3 Å². The fourth-order valence-corrected chi connectivity index (χ4v) is 2.16. The zero-order valence-electron chi connectivity index (χ0n) is 9.34. The summed E-state index contributed by atoms with van der Waals surface area (Å²) >= 11 is 1.35. The molecular weight excluding hydrogens is 240 g/mol. The largest absolute Gasteiger partial charge is 0.477 e. The number of hydrogen-bond donors (Lipinski definition) is 1. The Balaban J connectivity index is 2.40. The van der Waals surface area contributed by atoms with Crippen LogP contribution in [0.4, 0.5) is 0 Å². The molecule has 5 nitrogen and oxygen atoms in total. The summed E-state index contributed by atoms with van der Waals surface area (Å²) in [4.78, 5) is 15.9. The van der Waals surface area contributed by atoms with Crippen molar-refractivity contribution in [1.29, 1.82) is 0 Å². The molecule has 0 fully saturated rings. The zero-order valence-corrected chi connectivity index (χ0v) is 10.2. The fourth-order valence-electron chi connectivity index (χ4n) is 1.55. The number of aromatic nitrogens is 2. The predicted octanol–water partition coefficient (Wildman–Crippen LogP) is 2.84. The second-order valence-corrected chi connectivity index (χ2v) is 4.49. The van der Waals surface area contributed by atoms with E-state index in [0.29, 0.717) is 22.8 Å². The summed E-state index contributed by atoms with van der Waals surface area (Å²) in [6.45, 7) is 2.04. The molecule has 0 aliphatic carbocycles. The average molecular weight is 252 g/mol. The van der Waals surface area contributed by atoms with Crippen LogP contribution in [0.5, 0.6) is 0 Å². The van der Waals surface area contributed by atoms with E-state index in [-0.39, 0.29) is 5.56 Å². The third-order valence-corrected chi connectivity index (χ3v) is 3.18. The Kier molecular flexibility index (Phi) is 3.53. The van der Waals surface area contributed by atoms with Crippen LogP contribution in [-0.4, -0.2) is 21.2 Å². The summed E-state index contributed by atoms with van der Waals surface area (Å²) in [7, 11) is 0. The number of carboxylic acids is 1. The maximum Gasteiger partial charge on any atom is 0.341 e. The van der Waals surface area contributed by atoms with E-state index in [0.717, 1.165) is 12.8 Å². The normalized spacial score (nSPS) is 10.6. The molecular formula is C11H12N2O3S. The van der Waals surface area contributed by atoms with Gasteiger partial charge < -0.3 is 9.63 Å². The highest BCUT2D eigenvalue weighted by molar-refractivity contribution is 7.13. The minimum atomic E-state index is -0.999. The fraction of sp³-hybridized carbons (Fsp3) is 0.364. The minimum Gasteiger partial charge on any atom is -0.477 e. The number of hydrogen-bond acceptors (Lipinski definition) is 5. The second kappa shape index (κ2) is 5.09. The first-order chi connectivity index (χ1) is 8.24. The molecule has 0 radical (unpaired) electrons. The molecule has 6 heteroatoms. The average Bonchev–Trinajstić information content (AvgIpc) is 2.94. The smallest absolute Gasteiger partial charge is 0.341 e. The van der Waals surface area contributed by atoms with Gasteiger partial charge in [0.1, 0.15) is 11.3 Å². The lowest BCUT2D eigenvalue weighted by Gasteiger charge is -1.96. The highest BCUT2D eigenvalue weighted by Crippen LogP contribution is 2.28. The molecule has 0 aliphatic heterocycles. The molecule has 0 amide bonds. The highest BCUT2D eigenvalue weighted by Gasteiger charge is 2.23. The number of rotatable bonds is 5. The predicted molar refractivity (Wildman–Crippen MR) is 63.2 cm³/mol. The van der Waals surface area contributed by atoms with Crippen molar-refractivity contribution in [3.8, 4) is 10.6 Å². The summed E-state index contributed by atoms with van der Waals surface area (Å²) in [5.41, 5.74) is 2.19. The van der Waals surface area contributed by atoms with Crippen molar-refractivity contribution in [2.45, 2.75) is 26.2 Å². The molecule has 0 bridgehead atoms. The van der Waals surface area contributed by atoms with Gasteiger partial charge in [-0.15, -0.1) is 11.3 Å². The van der Waals surface area contributed by atoms with Crippen molar-refractivity contribution < 1.29 is 14.4 Å². The van der Waals surface area contributed by atoms with E-state index in [4.69, 9.17) is 4.52 Å². The first-order valence-electron chi connectivity index (χ1n) is 5.34. The van der Waals surface area contributed by atoms with Gasteiger partial charge >= 0.3 is 5.97 Å². The Hall–Kier alpha value is -1.69. The summed E-state index contributed by atoms with van der Waals surface area (Å²) in [6.07, 6.45) is 4.07.